The highest BCUT2D eigenvalue weighted by Crippen LogP contribution is 2.28. The number of thioether (sulfide) groups is 1. The van der Waals surface area contributed by atoms with Gasteiger partial charge < -0.3 is 5.32 Å². The van der Waals surface area contributed by atoms with Crippen LogP contribution in [-0.2, 0) is 0 Å². The lowest BCUT2D eigenvalue weighted by atomic mass is 10.1. The number of hydrogen-bond acceptors (Lipinski definition) is 2. The van der Waals surface area contributed by atoms with Gasteiger partial charge in [-0.1, -0.05) is 18.9 Å². The molecule has 2 heteroatoms. The van der Waals surface area contributed by atoms with Crippen molar-refractivity contribution in [2.45, 2.75) is 24.6 Å². The molecule has 2 rings (SSSR count). The van der Waals surface area contributed by atoms with E-state index in [1.807, 2.05) is 30.0 Å². The van der Waals surface area contributed by atoms with Crippen molar-refractivity contribution < 1.29 is 0 Å². The molecule has 1 N–H and O–H groups in total. The average Bonchev–Trinajstić information content (AvgIpc) is 2.65. The van der Waals surface area contributed by atoms with Crippen LogP contribution in [0.1, 0.15) is 18.9 Å². The summed E-state index contributed by atoms with van der Waals surface area (Å²) in [6.45, 7) is 2.28. The Labute approximate surface area is 95.7 Å². The predicted octanol–water partition coefficient (Wildman–Crippen LogP) is 2.97. The quantitative estimate of drug-likeness (QED) is 0.764. The summed E-state index contributed by atoms with van der Waals surface area (Å²) in [7, 11) is 0. The maximum Gasteiger partial charge on any atom is 0.0385 e. The molecule has 0 bridgehead atoms. The van der Waals surface area contributed by atoms with E-state index in [-0.39, 0.29) is 0 Å². The molecule has 1 aliphatic heterocycles. The molecule has 1 aromatic carbocycles. The first-order valence-corrected chi connectivity index (χ1v) is 6.29. The maximum absolute atomic E-state index is 5.37. The molecule has 1 nitrogen and oxygen atoms in total. The van der Waals surface area contributed by atoms with Crippen LogP contribution in [0.4, 0.5) is 5.69 Å². The summed E-state index contributed by atoms with van der Waals surface area (Å²) in [6, 6.07) is 8.66. The first kappa shape index (κ1) is 10.4. The zero-order valence-electron chi connectivity index (χ0n) is 8.86. The molecular weight excluding hydrogens is 202 g/mol. The average molecular weight is 217 g/mol. The van der Waals surface area contributed by atoms with Crippen LogP contribution < -0.4 is 5.32 Å². The zero-order valence-corrected chi connectivity index (χ0v) is 9.68. The highest BCUT2D eigenvalue weighted by Gasteiger charge is 2.23. The molecule has 2 unspecified atom stereocenters. The number of hydrogen-bond donors (Lipinski definition) is 1. The van der Waals surface area contributed by atoms with Crippen LogP contribution in [0, 0.1) is 12.3 Å². The molecule has 1 saturated heterocycles. The largest absolute Gasteiger partial charge is 0.381 e. The summed E-state index contributed by atoms with van der Waals surface area (Å²) >= 11 is 2.03. The van der Waals surface area contributed by atoms with Crippen LogP contribution in [0.2, 0.25) is 0 Å². The minimum absolute atomic E-state index is 0.586. The lowest BCUT2D eigenvalue weighted by Crippen LogP contribution is -2.24. The Bertz CT molecular complexity index is 380. The van der Waals surface area contributed by atoms with Crippen LogP contribution in [-0.4, -0.2) is 17.0 Å². The fourth-order valence-corrected chi connectivity index (χ4v) is 3.03. The van der Waals surface area contributed by atoms with Crippen molar-refractivity contribution in [3.8, 4) is 12.3 Å². The Morgan fingerprint density at radius 1 is 1.53 bits per heavy atom. The van der Waals surface area contributed by atoms with Crippen molar-refractivity contribution in [1.29, 1.82) is 0 Å². The van der Waals surface area contributed by atoms with E-state index < -0.39 is 0 Å². The molecule has 15 heavy (non-hydrogen) atoms. The molecule has 1 heterocycles. The number of nitrogens with one attached hydrogen (secondary N) is 1. The van der Waals surface area contributed by atoms with Gasteiger partial charge in [0.25, 0.3) is 0 Å². The van der Waals surface area contributed by atoms with Gasteiger partial charge in [0.1, 0.15) is 0 Å². The Balaban J connectivity index is 2.07. The molecule has 0 aromatic heterocycles. The van der Waals surface area contributed by atoms with E-state index in [9.17, 15) is 0 Å². The van der Waals surface area contributed by atoms with Gasteiger partial charge in [0.05, 0.1) is 0 Å². The van der Waals surface area contributed by atoms with E-state index in [0.29, 0.717) is 11.3 Å². The summed E-state index contributed by atoms with van der Waals surface area (Å²) in [5.41, 5.74) is 2.09. The molecule has 78 valence electrons. The highest BCUT2D eigenvalue weighted by molar-refractivity contribution is 8.00. The molecule has 0 saturated carbocycles. The summed E-state index contributed by atoms with van der Waals surface area (Å²) in [4.78, 5) is 0. The van der Waals surface area contributed by atoms with Crippen LogP contribution >= 0.6 is 11.8 Å². The summed E-state index contributed by atoms with van der Waals surface area (Å²) in [6.07, 6.45) is 6.61. The van der Waals surface area contributed by atoms with E-state index in [0.717, 1.165) is 11.3 Å². The predicted molar refractivity (Wildman–Crippen MR) is 68.3 cm³/mol. The van der Waals surface area contributed by atoms with Crippen molar-refractivity contribution in [2.75, 3.05) is 11.1 Å². The van der Waals surface area contributed by atoms with E-state index in [1.165, 1.54) is 12.2 Å². The standard InChI is InChI=1S/C13H15NS/c1-3-11-5-4-6-12(9-11)14-13-7-8-15-10(13)2/h1,4-6,9-10,13-14H,7-8H2,2H3. The first-order valence-electron chi connectivity index (χ1n) is 5.24. The molecule has 0 spiro atoms. The zero-order chi connectivity index (χ0) is 10.7. The summed E-state index contributed by atoms with van der Waals surface area (Å²) in [5.74, 6) is 3.92. The van der Waals surface area contributed by atoms with E-state index in [1.54, 1.807) is 0 Å². The van der Waals surface area contributed by atoms with Gasteiger partial charge in [0, 0.05) is 22.5 Å². The summed E-state index contributed by atoms with van der Waals surface area (Å²) < 4.78 is 0. The third kappa shape index (κ3) is 2.49. The second-order valence-electron chi connectivity index (χ2n) is 3.84. The van der Waals surface area contributed by atoms with E-state index in [4.69, 9.17) is 6.42 Å². The molecule has 1 aliphatic rings. The van der Waals surface area contributed by atoms with Gasteiger partial charge in [-0.2, -0.15) is 11.8 Å². The fourth-order valence-electron chi connectivity index (χ4n) is 1.83. The van der Waals surface area contributed by atoms with Gasteiger partial charge in [-0.3, -0.25) is 0 Å². The van der Waals surface area contributed by atoms with E-state index >= 15 is 0 Å². The van der Waals surface area contributed by atoms with Gasteiger partial charge >= 0.3 is 0 Å². The number of terminal acetylenes is 1. The first-order chi connectivity index (χ1) is 7.29. The van der Waals surface area contributed by atoms with Crippen molar-refractivity contribution in [3.05, 3.63) is 29.8 Å². The third-order valence-corrected chi connectivity index (χ3v) is 4.08. The lowest BCUT2D eigenvalue weighted by molar-refractivity contribution is 0.724. The maximum atomic E-state index is 5.37. The van der Waals surface area contributed by atoms with Crippen molar-refractivity contribution in [1.82, 2.24) is 0 Å². The summed E-state index contributed by atoms with van der Waals surface area (Å²) in [5, 5.41) is 4.24. The van der Waals surface area contributed by atoms with Gasteiger partial charge in [-0.15, -0.1) is 6.42 Å². The smallest absolute Gasteiger partial charge is 0.0385 e. The molecule has 2 atom stereocenters. The van der Waals surface area contributed by atoms with Crippen molar-refractivity contribution in [2.24, 2.45) is 0 Å². The van der Waals surface area contributed by atoms with Crippen LogP contribution in [0.15, 0.2) is 24.3 Å². The normalized spacial score (nSPS) is 24.8. The lowest BCUT2D eigenvalue weighted by Gasteiger charge is -2.17. The van der Waals surface area contributed by atoms with Crippen LogP contribution in [0.3, 0.4) is 0 Å². The minimum Gasteiger partial charge on any atom is -0.381 e. The number of anilines is 1. The second kappa shape index (κ2) is 4.63. The van der Waals surface area contributed by atoms with Gasteiger partial charge in [-0.25, -0.2) is 0 Å². The Morgan fingerprint density at radius 3 is 3.07 bits per heavy atom. The minimum atomic E-state index is 0.586. The SMILES string of the molecule is C#Cc1cccc(NC2CCSC2C)c1. The molecule has 0 amide bonds. The van der Waals surface area contributed by atoms with Crippen molar-refractivity contribution >= 4 is 17.4 Å². The van der Waals surface area contributed by atoms with Gasteiger partial charge in [-0.05, 0) is 30.4 Å². The topological polar surface area (TPSA) is 12.0 Å². The highest BCUT2D eigenvalue weighted by atomic mass is 32.2. The third-order valence-electron chi connectivity index (χ3n) is 2.76. The van der Waals surface area contributed by atoms with Crippen LogP contribution in [0.25, 0.3) is 0 Å². The molecule has 1 fully saturated rings. The molecule has 0 aliphatic carbocycles. The monoisotopic (exact) mass is 217 g/mol. The fraction of sp³-hybridized carbons (Fsp3) is 0.385. The van der Waals surface area contributed by atoms with Gasteiger partial charge in [0.2, 0.25) is 0 Å². The van der Waals surface area contributed by atoms with Gasteiger partial charge in [0.15, 0.2) is 0 Å². The number of rotatable bonds is 2. The molecule has 1 aromatic rings. The van der Waals surface area contributed by atoms with E-state index in [2.05, 4.69) is 24.2 Å². The Hall–Kier alpha value is -1.07. The molecule has 0 radical (unpaired) electrons. The number of benzene rings is 1. The second-order valence-corrected chi connectivity index (χ2v) is 5.33. The van der Waals surface area contributed by atoms with Crippen molar-refractivity contribution in [3.63, 3.8) is 0 Å². The molecular formula is C13H15NS. The van der Waals surface area contributed by atoms with Crippen LogP contribution in [0.5, 0.6) is 0 Å². The Kier molecular flexibility index (Phi) is 3.23. The Morgan fingerprint density at radius 2 is 2.40 bits per heavy atom.